The first-order valence-corrected chi connectivity index (χ1v) is 8.29. The summed E-state index contributed by atoms with van der Waals surface area (Å²) in [4.78, 5) is 37.1. The minimum atomic E-state index is -1.29. The van der Waals surface area contributed by atoms with Gasteiger partial charge in [-0.15, -0.1) is 0 Å². The second-order valence-electron chi connectivity index (χ2n) is 6.32. The second kappa shape index (κ2) is 7.81. The van der Waals surface area contributed by atoms with Gasteiger partial charge in [0.25, 0.3) is 5.91 Å². The van der Waals surface area contributed by atoms with Crippen molar-refractivity contribution in [3.8, 4) is 0 Å². The Morgan fingerprint density at radius 2 is 2.00 bits per heavy atom. The molecule has 3 N–H and O–H groups in total. The molecule has 1 saturated heterocycles. The van der Waals surface area contributed by atoms with Crippen LogP contribution in [-0.4, -0.2) is 66.2 Å². The maximum atomic E-state index is 12.4. The molecule has 0 aromatic carbocycles. The lowest BCUT2D eigenvalue weighted by atomic mass is 10.0. The van der Waals surface area contributed by atoms with Gasteiger partial charge in [0.2, 0.25) is 13.8 Å². The van der Waals surface area contributed by atoms with Gasteiger partial charge in [0, 0.05) is 12.6 Å². The van der Waals surface area contributed by atoms with Gasteiger partial charge in [-0.25, -0.2) is 0 Å². The monoisotopic (exact) mass is 321 g/mol. The highest BCUT2D eigenvalue weighted by Gasteiger charge is 2.36. The lowest BCUT2D eigenvalue weighted by molar-refractivity contribution is -0.133. The number of amides is 3. The van der Waals surface area contributed by atoms with Crippen LogP contribution in [0.3, 0.4) is 0 Å². The SMILES string of the molecule is [B]C(=O)N1CCCC1C(=O)NC(CCC)C(O)C(=O)NC1CC1. The summed E-state index contributed by atoms with van der Waals surface area (Å²) in [7, 11) is 5.28. The Morgan fingerprint density at radius 1 is 1.30 bits per heavy atom. The summed E-state index contributed by atoms with van der Waals surface area (Å²) >= 11 is 0. The molecule has 8 heteroatoms. The number of carbonyl (C=O) groups is 3. The first-order chi connectivity index (χ1) is 10.9. The van der Waals surface area contributed by atoms with E-state index in [1.165, 1.54) is 4.90 Å². The predicted molar refractivity (Wildman–Crippen MR) is 84.9 cm³/mol. The van der Waals surface area contributed by atoms with Crippen LogP contribution in [0, 0.1) is 0 Å². The molecule has 2 fully saturated rings. The molecule has 1 aliphatic heterocycles. The van der Waals surface area contributed by atoms with Crippen LogP contribution >= 0.6 is 0 Å². The molecule has 1 heterocycles. The molecule has 126 valence electrons. The van der Waals surface area contributed by atoms with Crippen LogP contribution in [0.2, 0.25) is 0 Å². The smallest absolute Gasteiger partial charge is 0.251 e. The molecule has 3 unspecified atom stereocenters. The van der Waals surface area contributed by atoms with Crippen molar-refractivity contribution >= 4 is 25.5 Å². The van der Waals surface area contributed by atoms with Crippen LogP contribution in [0.1, 0.15) is 45.4 Å². The molecule has 0 bridgehead atoms. The molecular formula is C15H24BN3O4. The molecule has 3 amide bonds. The van der Waals surface area contributed by atoms with E-state index < -0.39 is 29.9 Å². The van der Waals surface area contributed by atoms with E-state index in [1.807, 2.05) is 6.92 Å². The van der Waals surface area contributed by atoms with E-state index >= 15 is 0 Å². The number of nitrogens with one attached hydrogen (secondary N) is 2. The van der Waals surface area contributed by atoms with Crippen molar-refractivity contribution in [2.75, 3.05) is 6.54 Å². The number of rotatable bonds is 7. The number of hydrogen-bond acceptors (Lipinski definition) is 4. The number of carbonyl (C=O) groups excluding carboxylic acids is 3. The van der Waals surface area contributed by atoms with E-state index in [2.05, 4.69) is 10.6 Å². The number of hydrogen-bond donors (Lipinski definition) is 3. The average molecular weight is 321 g/mol. The number of aliphatic hydroxyl groups is 1. The standard InChI is InChI=1S/C15H24BN3O4/c1-2-4-10(12(20)14(22)17-9-6-7-9)18-13(21)11-5-3-8-19(11)15(16)23/h9-12,20H,2-8H2,1H3,(H,17,22)(H,18,21). The lowest BCUT2D eigenvalue weighted by Gasteiger charge is -2.28. The summed E-state index contributed by atoms with van der Waals surface area (Å²) in [6.45, 7) is 2.37. The van der Waals surface area contributed by atoms with Gasteiger partial charge in [0.1, 0.15) is 6.04 Å². The van der Waals surface area contributed by atoms with Gasteiger partial charge in [0.05, 0.1) is 6.04 Å². The van der Waals surface area contributed by atoms with Gasteiger partial charge in [0.15, 0.2) is 11.9 Å². The van der Waals surface area contributed by atoms with Crippen molar-refractivity contribution < 1.29 is 19.5 Å². The topological polar surface area (TPSA) is 98.7 Å². The van der Waals surface area contributed by atoms with Gasteiger partial charge in [-0.05, 0) is 32.1 Å². The molecule has 7 nitrogen and oxygen atoms in total. The number of aliphatic hydroxyl groups excluding tert-OH is 1. The van der Waals surface area contributed by atoms with Crippen molar-refractivity contribution in [3.63, 3.8) is 0 Å². The lowest BCUT2D eigenvalue weighted by Crippen LogP contribution is -2.55. The van der Waals surface area contributed by atoms with Crippen LogP contribution in [0.5, 0.6) is 0 Å². The quantitative estimate of drug-likeness (QED) is 0.559. The minimum Gasteiger partial charge on any atom is -0.381 e. The van der Waals surface area contributed by atoms with E-state index in [4.69, 9.17) is 7.85 Å². The Morgan fingerprint density at radius 3 is 2.57 bits per heavy atom. The highest BCUT2D eigenvalue weighted by Crippen LogP contribution is 2.20. The molecule has 2 rings (SSSR count). The summed E-state index contributed by atoms with van der Waals surface area (Å²) in [6.07, 6.45) is 3.01. The van der Waals surface area contributed by atoms with E-state index in [0.29, 0.717) is 32.2 Å². The Kier molecular flexibility index (Phi) is 6.04. The van der Waals surface area contributed by atoms with Crippen molar-refractivity contribution in [1.82, 2.24) is 15.5 Å². The third kappa shape index (κ3) is 4.70. The van der Waals surface area contributed by atoms with E-state index in [0.717, 1.165) is 12.8 Å². The highest BCUT2D eigenvalue weighted by atomic mass is 16.3. The van der Waals surface area contributed by atoms with Crippen molar-refractivity contribution in [2.45, 2.75) is 69.7 Å². The van der Waals surface area contributed by atoms with Gasteiger partial charge in [-0.1, -0.05) is 13.3 Å². The fourth-order valence-electron chi connectivity index (χ4n) is 2.90. The maximum absolute atomic E-state index is 12.4. The maximum Gasteiger partial charge on any atom is 0.251 e. The van der Waals surface area contributed by atoms with Crippen LogP contribution in [0.15, 0.2) is 0 Å². The summed E-state index contributed by atoms with van der Waals surface area (Å²) in [6, 6.07) is -1.14. The number of nitrogens with zero attached hydrogens (tertiary/aromatic N) is 1. The normalized spacial score (nSPS) is 23.2. The fourth-order valence-corrected chi connectivity index (χ4v) is 2.90. The molecule has 2 radical (unpaired) electrons. The Balaban J connectivity index is 1.95. The molecule has 0 aromatic rings. The van der Waals surface area contributed by atoms with E-state index in [1.54, 1.807) is 0 Å². The van der Waals surface area contributed by atoms with Crippen molar-refractivity contribution in [3.05, 3.63) is 0 Å². The Bertz CT molecular complexity index is 470. The number of likely N-dealkylation sites (tertiary alicyclic amines) is 1. The zero-order valence-corrected chi connectivity index (χ0v) is 13.5. The highest BCUT2D eigenvalue weighted by molar-refractivity contribution is 6.57. The van der Waals surface area contributed by atoms with Crippen LogP contribution in [0.25, 0.3) is 0 Å². The molecule has 0 aromatic heterocycles. The summed E-state index contributed by atoms with van der Waals surface area (Å²) in [5.74, 6) is -1.44. The third-order valence-corrected chi connectivity index (χ3v) is 4.34. The first kappa shape index (κ1) is 17.8. The molecule has 3 atom stereocenters. The van der Waals surface area contributed by atoms with Crippen molar-refractivity contribution in [2.24, 2.45) is 0 Å². The molecular weight excluding hydrogens is 297 g/mol. The minimum absolute atomic E-state index is 0.148. The first-order valence-electron chi connectivity index (χ1n) is 8.29. The summed E-state index contributed by atoms with van der Waals surface area (Å²) in [5.41, 5.74) is 0. The third-order valence-electron chi connectivity index (χ3n) is 4.34. The largest absolute Gasteiger partial charge is 0.381 e. The van der Waals surface area contributed by atoms with Crippen LogP contribution in [0.4, 0.5) is 4.79 Å². The molecule has 1 aliphatic carbocycles. The van der Waals surface area contributed by atoms with Gasteiger partial charge in [-0.3, -0.25) is 14.4 Å². The Hall–Kier alpha value is -1.57. The van der Waals surface area contributed by atoms with Gasteiger partial charge in [-0.2, -0.15) is 0 Å². The molecule has 23 heavy (non-hydrogen) atoms. The zero-order chi connectivity index (χ0) is 17.0. The van der Waals surface area contributed by atoms with Crippen molar-refractivity contribution in [1.29, 1.82) is 0 Å². The predicted octanol–water partition coefficient (Wildman–Crippen LogP) is -0.336. The van der Waals surface area contributed by atoms with E-state index in [-0.39, 0.29) is 11.9 Å². The molecule has 1 saturated carbocycles. The van der Waals surface area contributed by atoms with Crippen LogP contribution in [-0.2, 0) is 9.59 Å². The van der Waals surface area contributed by atoms with Gasteiger partial charge >= 0.3 is 0 Å². The Labute approximate surface area is 137 Å². The average Bonchev–Trinajstić information content (AvgIpc) is 3.17. The molecule has 2 aliphatic rings. The second-order valence-corrected chi connectivity index (χ2v) is 6.32. The van der Waals surface area contributed by atoms with Crippen LogP contribution < -0.4 is 10.6 Å². The molecule has 0 spiro atoms. The van der Waals surface area contributed by atoms with Gasteiger partial charge < -0.3 is 20.6 Å². The fraction of sp³-hybridized carbons (Fsp3) is 0.800. The zero-order valence-electron chi connectivity index (χ0n) is 13.5. The van der Waals surface area contributed by atoms with E-state index in [9.17, 15) is 19.5 Å². The summed E-state index contributed by atoms with van der Waals surface area (Å²) in [5, 5.41) is 15.7. The summed E-state index contributed by atoms with van der Waals surface area (Å²) < 4.78 is 0.